The first-order valence-corrected chi connectivity index (χ1v) is 50.3. The van der Waals surface area contributed by atoms with Crippen LogP contribution < -0.4 is 14.2 Å². The van der Waals surface area contributed by atoms with E-state index in [4.69, 9.17) is 14.2 Å². The Balaban J connectivity index is 0.000000104. The Kier molecular flexibility index (Phi) is 20.0. The van der Waals surface area contributed by atoms with Crippen molar-refractivity contribution in [3.8, 4) is 129 Å². The third-order valence-electron chi connectivity index (χ3n) is 30.5. The van der Waals surface area contributed by atoms with E-state index in [0.29, 0.717) is 0 Å². The first kappa shape index (κ1) is 82.7. The second kappa shape index (κ2) is 34.3. The van der Waals surface area contributed by atoms with Crippen LogP contribution in [-0.4, -0.2) is 18.3 Å². The summed E-state index contributed by atoms with van der Waals surface area (Å²) in [4.78, 5) is 0. The number of hydrogen-bond acceptors (Lipinski definition) is 4. The second-order valence-corrected chi connectivity index (χ2v) is 39.1. The summed E-state index contributed by atoms with van der Waals surface area (Å²) in [6.45, 7) is 0. The molecular formula is C138H90O3S. The predicted octanol–water partition coefficient (Wildman–Crippen LogP) is 37.4. The van der Waals surface area contributed by atoms with Gasteiger partial charge in [-0.1, -0.05) is 473 Å². The minimum Gasteiger partial charge on any atom is -0.484 e. The Hall–Kier alpha value is -17.5. The predicted molar refractivity (Wildman–Crippen MR) is 600 cm³/mol. The molecule has 1 aromatic heterocycles. The lowest BCUT2D eigenvalue weighted by molar-refractivity contribution is 0.269. The Morgan fingerprint density at radius 2 is 0.394 bits per heavy atom. The van der Waals surface area contributed by atoms with Gasteiger partial charge >= 0.3 is 0 Å². The van der Waals surface area contributed by atoms with Gasteiger partial charge in [0.2, 0.25) is 0 Å². The highest BCUT2D eigenvalue weighted by molar-refractivity contribution is 7.26. The fourth-order valence-electron chi connectivity index (χ4n) is 24.4. The lowest BCUT2D eigenvalue weighted by Gasteiger charge is -2.22. The van der Waals surface area contributed by atoms with Crippen molar-refractivity contribution >= 4 is 128 Å². The number of benzene rings is 23. The highest BCUT2D eigenvalue weighted by atomic mass is 32.1. The van der Waals surface area contributed by atoms with Gasteiger partial charge in [0.25, 0.3) is 0 Å². The van der Waals surface area contributed by atoms with Gasteiger partial charge in [-0.2, -0.15) is 0 Å². The second-order valence-electron chi connectivity index (χ2n) is 38.0. The quantitative estimate of drug-likeness (QED) is 0.128. The summed E-state index contributed by atoms with van der Waals surface area (Å²) >= 11 is 1.88. The largest absolute Gasteiger partial charge is 0.484 e. The van der Waals surface area contributed by atoms with Crippen molar-refractivity contribution in [3.05, 3.63) is 526 Å². The van der Waals surface area contributed by atoms with Crippen LogP contribution in [0.5, 0.6) is 17.2 Å². The molecule has 6 atom stereocenters. The number of allylic oxidation sites excluding steroid dienone is 6. The van der Waals surface area contributed by atoms with Crippen LogP contribution >= 0.6 is 11.3 Å². The van der Waals surface area contributed by atoms with E-state index < -0.39 is 0 Å². The van der Waals surface area contributed by atoms with Gasteiger partial charge in [-0.05, 0) is 222 Å². The smallest absolute Gasteiger partial charge is 0.132 e. The van der Waals surface area contributed by atoms with E-state index in [1.807, 2.05) is 11.3 Å². The average Bonchev–Trinajstić information content (AvgIpc) is 1.30. The minimum absolute atomic E-state index is 0.00361. The summed E-state index contributed by atoms with van der Waals surface area (Å²) in [6, 6.07) is 159. The van der Waals surface area contributed by atoms with Gasteiger partial charge in [0.1, 0.15) is 35.6 Å². The van der Waals surface area contributed by atoms with Gasteiger partial charge < -0.3 is 14.2 Å². The lowest BCUT2D eigenvalue weighted by atomic mass is 9.80. The molecule has 3 aliphatic heterocycles. The van der Waals surface area contributed by atoms with Crippen molar-refractivity contribution in [2.75, 3.05) is 0 Å². The molecule has 4 heteroatoms. The third kappa shape index (κ3) is 13.4. The zero-order valence-electron chi connectivity index (χ0n) is 77.6. The van der Waals surface area contributed by atoms with Crippen LogP contribution in [0, 0.1) is 0 Å². The van der Waals surface area contributed by atoms with Crippen molar-refractivity contribution in [1.29, 1.82) is 0 Å². The van der Waals surface area contributed by atoms with E-state index in [2.05, 4.69) is 510 Å². The molecular weight excluding hydrogens is 1740 g/mol. The Labute approximate surface area is 827 Å². The molecule has 0 spiro atoms. The molecule has 666 valence electrons. The zero-order valence-corrected chi connectivity index (χ0v) is 78.4. The fourth-order valence-corrected chi connectivity index (χ4v) is 25.6. The van der Waals surface area contributed by atoms with E-state index in [1.54, 1.807) is 0 Å². The zero-order chi connectivity index (χ0) is 93.4. The van der Waals surface area contributed by atoms with Gasteiger partial charge in [-0.25, -0.2) is 0 Å². The summed E-state index contributed by atoms with van der Waals surface area (Å²) < 4.78 is 23.4. The topological polar surface area (TPSA) is 27.7 Å². The maximum absolute atomic E-state index is 7.01. The molecule has 0 fully saturated rings. The van der Waals surface area contributed by atoms with Crippen molar-refractivity contribution in [1.82, 2.24) is 0 Å². The third-order valence-corrected chi connectivity index (χ3v) is 31.7. The number of hydrogen-bond donors (Lipinski definition) is 0. The summed E-state index contributed by atoms with van der Waals surface area (Å²) in [5.74, 6) is 3.40. The van der Waals surface area contributed by atoms with E-state index in [0.717, 1.165) is 33.9 Å². The molecule has 30 rings (SSSR count). The minimum atomic E-state index is -0.0451. The van der Waals surface area contributed by atoms with Crippen LogP contribution in [0.25, 0.3) is 228 Å². The van der Waals surface area contributed by atoms with E-state index in [-0.39, 0.29) is 36.1 Å². The SMILES string of the molecule is C1=CC2Oc3c(-c4cccc5c4sc4ccccc45)ccc(-c4c5ccccc5c(-c5cccc6ccccc56)c5ccccc45)c3C2C=C1.C1=CC2Oc3c(-c4ccccc4)ccc(-c4c5ccccc5c(-c5cccc6ccccc56)c5ccccc45)c3C2C=C1.C1=CC2Oc3c(-c4ccccc4-c4ccccc4)ccc(-c4c5ccccc5c(-c5cccc6ccccc56)c5ccccc45)c3C2C=C1. The highest BCUT2D eigenvalue weighted by Crippen LogP contribution is 2.61. The molecule has 24 aromatic rings. The number of ether oxygens (including phenoxy) is 3. The first-order chi connectivity index (χ1) is 70.5. The van der Waals surface area contributed by atoms with Crippen LogP contribution in [0.2, 0.25) is 0 Å². The Bertz CT molecular complexity index is 9390. The van der Waals surface area contributed by atoms with Crippen LogP contribution in [0.4, 0.5) is 0 Å². The average molecular weight is 1830 g/mol. The molecule has 6 aliphatic rings. The molecule has 4 heterocycles. The van der Waals surface area contributed by atoms with Gasteiger partial charge in [-0.15, -0.1) is 11.3 Å². The molecule has 3 nitrogen and oxygen atoms in total. The molecule has 0 amide bonds. The lowest BCUT2D eigenvalue weighted by Crippen LogP contribution is -2.15. The van der Waals surface area contributed by atoms with E-state index in [1.165, 1.54) is 228 Å². The molecule has 142 heavy (non-hydrogen) atoms. The molecule has 0 radical (unpaired) electrons. The molecule has 6 unspecified atom stereocenters. The van der Waals surface area contributed by atoms with E-state index >= 15 is 0 Å². The molecule has 3 aliphatic carbocycles. The molecule has 0 bridgehead atoms. The number of rotatable bonds is 10. The van der Waals surface area contributed by atoms with Crippen LogP contribution in [0.3, 0.4) is 0 Å². The van der Waals surface area contributed by atoms with Crippen molar-refractivity contribution in [2.45, 2.75) is 36.1 Å². The van der Waals surface area contributed by atoms with Gasteiger partial charge in [-0.3, -0.25) is 0 Å². The van der Waals surface area contributed by atoms with Gasteiger partial charge in [0.05, 0.1) is 0 Å². The van der Waals surface area contributed by atoms with Gasteiger partial charge in [0.15, 0.2) is 0 Å². The van der Waals surface area contributed by atoms with Crippen molar-refractivity contribution in [3.63, 3.8) is 0 Å². The van der Waals surface area contributed by atoms with Crippen LogP contribution in [0.15, 0.2) is 510 Å². The monoisotopic (exact) mass is 1830 g/mol. The highest BCUT2D eigenvalue weighted by Gasteiger charge is 2.42. The summed E-state index contributed by atoms with van der Waals surface area (Å²) in [6.07, 6.45) is 26.4. The Morgan fingerprint density at radius 1 is 0.155 bits per heavy atom. The summed E-state index contributed by atoms with van der Waals surface area (Å²) in [7, 11) is 0. The molecule has 0 N–H and O–H groups in total. The maximum Gasteiger partial charge on any atom is 0.132 e. The fraction of sp³-hybridized carbons (Fsp3) is 0.0435. The normalized spacial score (nSPS) is 16.5. The van der Waals surface area contributed by atoms with E-state index in [9.17, 15) is 0 Å². The summed E-state index contributed by atoms with van der Waals surface area (Å²) in [5, 5.41) is 25.3. The Morgan fingerprint density at radius 3 is 0.768 bits per heavy atom. The summed E-state index contributed by atoms with van der Waals surface area (Å²) in [5.41, 5.74) is 28.5. The maximum atomic E-state index is 7.01. The standard InChI is InChI=1S/C48H30OS.C48H32O.C42H28O/c1-2-15-30-29(13-1)14-11-22-32(30)44-33-17-3-5-19-35(33)45(36-20-6-4-18-34(36)44)41-28-27-37(47-46(41)40-21-7-9-25-42(40)49-47)39-24-12-23-38-31-16-8-10-26-43(31)50-48(38)39;1-2-15-31(16-3-1)33-19-6-7-21-35(33)41-29-30-43(47-42-26-12-13-28-44(42)49-48(41)47)46-39-24-10-8-22-37(39)45(38-23-9-11-25-40(38)46)36-27-14-18-32-17-4-5-20-34(32)36;1-2-13-28(14-3-1)30-25-26-37(41-36-22-10-11-24-38(36)43-42(30)41)40-34-20-8-6-18-32(34)39(33-19-7-9-21-35(33)40)31-23-12-16-27-15-4-5-17-29(27)31/h1-28,40,42H;1-30,42,44H;1-26,36,38H. The van der Waals surface area contributed by atoms with Crippen LogP contribution in [-0.2, 0) is 0 Å². The molecule has 23 aromatic carbocycles. The number of fused-ring (bicyclic) bond motifs is 21. The number of thiophene rings is 1. The van der Waals surface area contributed by atoms with Gasteiger partial charge in [0, 0.05) is 76.9 Å². The van der Waals surface area contributed by atoms with Crippen molar-refractivity contribution in [2.24, 2.45) is 0 Å². The van der Waals surface area contributed by atoms with Crippen LogP contribution in [0.1, 0.15) is 34.4 Å². The van der Waals surface area contributed by atoms with Crippen molar-refractivity contribution < 1.29 is 14.2 Å². The first-order valence-electron chi connectivity index (χ1n) is 49.5. The molecule has 0 saturated heterocycles. The molecule has 0 saturated carbocycles.